The van der Waals surface area contributed by atoms with Crippen LogP contribution in [-0.4, -0.2) is 59.8 Å². The summed E-state index contributed by atoms with van der Waals surface area (Å²) in [6.45, 7) is 3.72. The van der Waals surface area contributed by atoms with Gasteiger partial charge in [-0.3, -0.25) is 14.3 Å². The lowest BCUT2D eigenvalue weighted by atomic mass is 9.96. The number of piperidine rings is 1. The van der Waals surface area contributed by atoms with Crippen molar-refractivity contribution >= 4 is 17.5 Å². The molecule has 1 N–H and O–H groups in total. The number of benzene rings is 1. The summed E-state index contributed by atoms with van der Waals surface area (Å²) in [4.78, 5) is 27.3. The van der Waals surface area contributed by atoms with Gasteiger partial charge in [0.1, 0.15) is 6.33 Å². The molecule has 1 aliphatic rings. The second-order valence-corrected chi connectivity index (χ2v) is 6.97. The van der Waals surface area contributed by atoms with Gasteiger partial charge < -0.3 is 10.2 Å². The lowest BCUT2D eigenvalue weighted by Crippen LogP contribution is -2.43. The fourth-order valence-corrected chi connectivity index (χ4v) is 3.46. The van der Waals surface area contributed by atoms with E-state index in [0.717, 1.165) is 18.5 Å². The molecule has 29 heavy (non-hydrogen) atoms. The molecule has 3 aromatic rings. The third kappa shape index (κ3) is 4.15. The van der Waals surface area contributed by atoms with Gasteiger partial charge in [0.05, 0.1) is 23.4 Å². The minimum atomic E-state index is -0.259. The maximum absolute atomic E-state index is 12.8. The number of hydrogen-bond donors (Lipinski definition) is 1. The van der Waals surface area contributed by atoms with Crippen molar-refractivity contribution in [1.82, 2.24) is 34.9 Å². The number of rotatable bonds is 5. The number of amides is 2. The first-order chi connectivity index (χ1) is 14.1. The van der Waals surface area contributed by atoms with Crippen molar-refractivity contribution in [3.63, 3.8) is 0 Å². The maximum Gasteiger partial charge on any atom is 0.257 e. The van der Waals surface area contributed by atoms with Gasteiger partial charge in [-0.2, -0.15) is 5.10 Å². The molecule has 1 saturated heterocycles. The van der Waals surface area contributed by atoms with Crippen molar-refractivity contribution in [2.45, 2.75) is 26.3 Å². The van der Waals surface area contributed by atoms with Gasteiger partial charge in [-0.1, -0.05) is 6.07 Å². The van der Waals surface area contributed by atoms with Crippen LogP contribution in [-0.2, 0) is 11.3 Å². The third-order valence-electron chi connectivity index (χ3n) is 5.01. The summed E-state index contributed by atoms with van der Waals surface area (Å²) in [5.74, 6) is -0.436. The van der Waals surface area contributed by atoms with Crippen LogP contribution in [0.15, 0.2) is 43.0 Å². The molecule has 0 saturated carbocycles. The Hall–Kier alpha value is -3.56. The number of carbonyl (C=O) groups is 2. The molecule has 1 atom stereocenters. The van der Waals surface area contributed by atoms with E-state index in [1.807, 2.05) is 25.1 Å². The van der Waals surface area contributed by atoms with Crippen molar-refractivity contribution in [3.05, 3.63) is 48.5 Å². The number of nitrogens with zero attached hydrogens (tertiary/aromatic N) is 7. The highest BCUT2D eigenvalue weighted by Crippen LogP contribution is 2.21. The maximum atomic E-state index is 12.8. The Kier molecular flexibility index (Phi) is 5.32. The Morgan fingerprint density at radius 3 is 2.97 bits per heavy atom. The monoisotopic (exact) mass is 394 g/mol. The lowest BCUT2D eigenvalue weighted by molar-refractivity contribution is -0.121. The van der Waals surface area contributed by atoms with E-state index >= 15 is 0 Å². The highest BCUT2D eigenvalue weighted by molar-refractivity contribution is 5.96. The standard InChI is InChI=1S/C19H22N8O2/c1-2-26-12-15(10-21-26)19(29)25-8-4-5-14(11-25)18(28)22-16-6-3-7-17(9-16)27-13-20-23-24-27/h3,6-7,9-10,12-14H,2,4-5,8,11H2,1H3,(H,22,28). The lowest BCUT2D eigenvalue weighted by Gasteiger charge is -2.31. The minimum absolute atomic E-state index is 0.0807. The molecule has 0 aliphatic carbocycles. The third-order valence-corrected chi connectivity index (χ3v) is 5.01. The Balaban J connectivity index is 1.41. The van der Waals surface area contributed by atoms with Crippen molar-refractivity contribution in [2.24, 2.45) is 5.92 Å². The molecule has 3 heterocycles. The Labute approximate surface area is 167 Å². The molecule has 1 unspecified atom stereocenters. The molecule has 1 aliphatic heterocycles. The van der Waals surface area contributed by atoms with Crippen molar-refractivity contribution in [3.8, 4) is 5.69 Å². The smallest absolute Gasteiger partial charge is 0.257 e. The fourth-order valence-electron chi connectivity index (χ4n) is 3.46. The highest BCUT2D eigenvalue weighted by Gasteiger charge is 2.29. The Bertz CT molecular complexity index is 997. The summed E-state index contributed by atoms with van der Waals surface area (Å²) in [6, 6.07) is 7.30. The van der Waals surface area contributed by atoms with Crippen LogP contribution >= 0.6 is 0 Å². The van der Waals surface area contributed by atoms with Gasteiger partial charge in [-0.15, -0.1) is 5.10 Å². The van der Waals surface area contributed by atoms with Crippen molar-refractivity contribution in [2.75, 3.05) is 18.4 Å². The minimum Gasteiger partial charge on any atom is -0.338 e. The number of likely N-dealkylation sites (tertiary alicyclic amines) is 1. The first-order valence-corrected chi connectivity index (χ1v) is 9.60. The van der Waals surface area contributed by atoms with Crippen LogP contribution in [0, 0.1) is 5.92 Å². The summed E-state index contributed by atoms with van der Waals surface area (Å²) in [5.41, 5.74) is 1.97. The molecule has 10 nitrogen and oxygen atoms in total. The van der Waals surface area contributed by atoms with E-state index in [1.165, 1.54) is 11.0 Å². The first kappa shape index (κ1) is 18.8. The predicted molar refractivity (Wildman–Crippen MR) is 104 cm³/mol. The summed E-state index contributed by atoms with van der Waals surface area (Å²) < 4.78 is 3.24. The zero-order valence-electron chi connectivity index (χ0n) is 16.1. The summed E-state index contributed by atoms with van der Waals surface area (Å²) in [5, 5.41) is 18.2. The molecule has 0 bridgehead atoms. The van der Waals surface area contributed by atoms with Gasteiger partial charge >= 0.3 is 0 Å². The quantitative estimate of drug-likeness (QED) is 0.700. The number of nitrogens with one attached hydrogen (secondary N) is 1. The normalized spacial score (nSPS) is 16.6. The van der Waals surface area contributed by atoms with E-state index in [1.54, 1.807) is 28.0 Å². The average Bonchev–Trinajstić information content (AvgIpc) is 3.45. The van der Waals surface area contributed by atoms with Crippen LogP contribution in [0.25, 0.3) is 5.69 Å². The van der Waals surface area contributed by atoms with Gasteiger partial charge in [0, 0.05) is 31.5 Å². The number of hydrogen-bond acceptors (Lipinski definition) is 6. The second-order valence-electron chi connectivity index (χ2n) is 6.97. The van der Waals surface area contributed by atoms with Crippen molar-refractivity contribution < 1.29 is 9.59 Å². The van der Waals surface area contributed by atoms with E-state index < -0.39 is 0 Å². The summed E-state index contributed by atoms with van der Waals surface area (Å²) in [7, 11) is 0. The van der Waals surface area contributed by atoms with E-state index in [-0.39, 0.29) is 17.7 Å². The molecule has 0 spiro atoms. The van der Waals surface area contributed by atoms with E-state index in [9.17, 15) is 9.59 Å². The predicted octanol–water partition coefficient (Wildman–Crippen LogP) is 1.37. The molecule has 10 heteroatoms. The number of aromatic nitrogens is 6. The number of aryl methyl sites for hydroxylation is 1. The highest BCUT2D eigenvalue weighted by atomic mass is 16.2. The van der Waals surface area contributed by atoms with Crippen LogP contribution < -0.4 is 5.32 Å². The molecule has 0 radical (unpaired) electrons. The number of carbonyl (C=O) groups excluding carboxylic acids is 2. The first-order valence-electron chi connectivity index (χ1n) is 9.60. The van der Waals surface area contributed by atoms with Gasteiger partial charge in [0.25, 0.3) is 5.91 Å². The molecular formula is C19H22N8O2. The van der Waals surface area contributed by atoms with E-state index in [0.29, 0.717) is 30.9 Å². The van der Waals surface area contributed by atoms with Crippen LogP contribution in [0.3, 0.4) is 0 Å². The molecule has 150 valence electrons. The van der Waals surface area contributed by atoms with Gasteiger partial charge in [0.2, 0.25) is 5.91 Å². The second kappa shape index (κ2) is 8.21. The molecule has 1 aromatic carbocycles. The summed E-state index contributed by atoms with van der Waals surface area (Å²) >= 11 is 0. The van der Waals surface area contributed by atoms with E-state index in [4.69, 9.17) is 0 Å². The number of tetrazole rings is 1. The summed E-state index contributed by atoms with van der Waals surface area (Å²) in [6.07, 6.45) is 6.36. The zero-order valence-corrected chi connectivity index (χ0v) is 16.1. The SMILES string of the molecule is CCn1cc(C(=O)N2CCCC(C(=O)Nc3cccc(-n4cnnn4)c3)C2)cn1. The van der Waals surface area contributed by atoms with Crippen LogP contribution in [0.2, 0.25) is 0 Å². The molecule has 2 amide bonds. The van der Waals surface area contributed by atoms with Crippen LogP contribution in [0.4, 0.5) is 5.69 Å². The van der Waals surface area contributed by atoms with Gasteiger partial charge in [-0.25, -0.2) is 4.68 Å². The molecule has 2 aromatic heterocycles. The molecular weight excluding hydrogens is 372 g/mol. The fraction of sp³-hybridized carbons (Fsp3) is 0.368. The van der Waals surface area contributed by atoms with Crippen molar-refractivity contribution in [1.29, 1.82) is 0 Å². The molecule has 4 rings (SSSR count). The average molecular weight is 394 g/mol. The topological polar surface area (TPSA) is 111 Å². The van der Waals surface area contributed by atoms with Crippen LogP contribution in [0.1, 0.15) is 30.1 Å². The zero-order chi connectivity index (χ0) is 20.2. The Morgan fingerprint density at radius 1 is 1.31 bits per heavy atom. The van der Waals surface area contributed by atoms with E-state index in [2.05, 4.69) is 25.9 Å². The van der Waals surface area contributed by atoms with Gasteiger partial charge in [0.15, 0.2) is 0 Å². The molecule has 1 fully saturated rings. The van der Waals surface area contributed by atoms with Crippen LogP contribution in [0.5, 0.6) is 0 Å². The van der Waals surface area contributed by atoms with Gasteiger partial charge in [-0.05, 0) is 48.4 Å². The number of anilines is 1. The Morgan fingerprint density at radius 2 is 2.21 bits per heavy atom. The largest absolute Gasteiger partial charge is 0.338 e.